The molecule has 154 valence electrons. The first-order valence-electron chi connectivity index (χ1n) is 9.57. The molecule has 5 nitrogen and oxygen atoms in total. The molecule has 0 aliphatic heterocycles. The Kier molecular flexibility index (Phi) is 5.56. The number of imidazole rings is 1. The molecule has 0 saturated heterocycles. The SMILES string of the molecule is O=c1cc(CSc2nc3cc(Cl)ccc3n2Cc2ccccc2)nc2ccc(Br)cn12. The molecule has 8 heteroatoms. The predicted molar refractivity (Wildman–Crippen MR) is 129 cm³/mol. The number of hydrogen-bond acceptors (Lipinski definition) is 4. The summed E-state index contributed by atoms with van der Waals surface area (Å²) in [5.74, 6) is 0.535. The number of aromatic nitrogens is 4. The summed E-state index contributed by atoms with van der Waals surface area (Å²) >= 11 is 11.1. The summed E-state index contributed by atoms with van der Waals surface area (Å²) in [7, 11) is 0. The smallest absolute Gasteiger partial charge is 0.258 e. The molecule has 31 heavy (non-hydrogen) atoms. The van der Waals surface area contributed by atoms with Gasteiger partial charge in [0.15, 0.2) is 5.16 Å². The minimum absolute atomic E-state index is 0.105. The van der Waals surface area contributed by atoms with Crippen LogP contribution in [0.5, 0.6) is 0 Å². The Balaban J connectivity index is 1.50. The zero-order valence-electron chi connectivity index (χ0n) is 16.2. The highest BCUT2D eigenvalue weighted by Gasteiger charge is 2.13. The van der Waals surface area contributed by atoms with E-state index < -0.39 is 0 Å². The molecule has 3 aromatic heterocycles. The van der Waals surface area contributed by atoms with Crippen molar-refractivity contribution < 1.29 is 0 Å². The largest absolute Gasteiger partial charge is 0.314 e. The van der Waals surface area contributed by atoms with Gasteiger partial charge in [-0.05, 0) is 51.8 Å². The summed E-state index contributed by atoms with van der Waals surface area (Å²) in [6.07, 6.45) is 1.73. The molecule has 0 amide bonds. The molecule has 0 unspecified atom stereocenters. The second-order valence-electron chi connectivity index (χ2n) is 7.05. The molecule has 5 rings (SSSR count). The minimum atomic E-state index is -0.105. The molecule has 0 aliphatic rings. The Morgan fingerprint density at radius 3 is 2.68 bits per heavy atom. The second-order valence-corrected chi connectivity index (χ2v) is 9.34. The lowest BCUT2D eigenvalue weighted by Crippen LogP contribution is -2.15. The number of thioether (sulfide) groups is 1. The summed E-state index contributed by atoms with van der Waals surface area (Å²) in [6, 6.07) is 21.3. The van der Waals surface area contributed by atoms with Crippen molar-refractivity contribution in [2.75, 3.05) is 0 Å². The zero-order valence-corrected chi connectivity index (χ0v) is 19.4. The Hall–Kier alpha value is -2.61. The monoisotopic (exact) mass is 510 g/mol. The maximum absolute atomic E-state index is 12.5. The fraction of sp³-hybridized carbons (Fsp3) is 0.0870. The van der Waals surface area contributed by atoms with E-state index in [1.807, 2.05) is 48.5 Å². The first-order valence-corrected chi connectivity index (χ1v) is 11.7. The molecule has 3 heterocycles. The van der Waals surface area contributed by atoms with Crippen molar-refractivity contribution in [2.45, 2.75) is 17.5 Å². The highest BCUT2D eigenvalue weighted by atomic mass is 79.9. The van der Waals surface area contributed by atoms with E-state index in [9.17, 15) is 4.79 Å². The van der Waals surface area contributed by atoms with E-state index in [2.05, 4.69) is 37.6 Å². The van der Waals surface area contributed by atoms with Crippen LogP contribution in [0.25, 0.3) is 16.7 Å². The first kappa shape index (κ1) is 20.3. The Labute approximate surface area is 195 Å². The third kappa shape index (κ3) is 4.26. The van der Waals surface area contributed by atoms with Crippen LogP contribution in [-0.2, 0) is 12.3 Å². The number of nitrogens with zero attached hydrogens (tertiary/aromatic N) is 4. The van der Waals surface area contributed by atoms with Gasteiger partial charge < -0.3 is 4.57 Å². The summed E-state index contributed by atoms with van der Waals surface area (Å²) in [5, 5.41) is 1.52. The standard InChI is InChI=1S/C23H16BrClN4OS/c24-16-6-9-21-26-18(11-22(30)29(21)13-16)14-31-23-27-19-10-17(25)7-8-20(19)28(23)12-15-4-2-1-3-5-15/h1-11,13H,12,14H2. The summed E-state index contributed by atoms with van der Waals surface area (Å²) in [4.78, 5) is 21.9. The zero-order chi connectivity index (χ0) is 21.4. The lowest BCUT2D eigenvalue weighted by atomic mass is 10.2. The highest BCUT2D eigenvalue weighted by Crippen LogP contribution is 2.29. The van der Waals surface area contributed by atoms with Crippen molar-refractivity contribution >= 4 is 56.0 Å². The fourth-order valence-corrected chi connectivity index (χ4v) is 4.86. The van der Waals surface area contributed by atoms with Crippen LogP contribution in [0.15, 0.2) is 87.4 Å². The molecule has 0 spiro atoms. The van der Waals surface area contributed by atoms with Crippen LogP contribution < -0.4 is 5.56 Å². The molecule has 0 radical (unpaired) electrons. The lowest BCUT2D eigenvalue weighted by Gasteiger charge is -2.09. The van der Waals surface area contributed by atoms with Gasteiger partial charge >= 0.3 is 0 Å². The van der Waals surface area contributed by atoms with Gasteiger partial charge in [0.25, 0.3) is 5.56 Å². The van der Waals surface area contributed by atoms with Crippen molar-refractivity contribution in [1.82, 2.24) is 18.9 Å². The maximum Gasteiger partial charge on any atom is 0.258 e. The van der Waals surface area contributed by atoms with E-state index in [1.54, 1.807) is 24.0 Å². The highest BCUT2D eigenvalue weighted by molar-refractivity contribution is 9.10. The number of fused-ring (bicyclic) bond motifs is 2. The lowest BCUT2D eigenvalue weighted by molar-refractivity contribution is 0.731. The van der Waals surface area contributed by atoms with Crippen LogP contribution >= 0.6 is 39.3 Å². The van der Waals surface area contributed by atoms with Crippen LogP contribution in [0.1, 0.15) is 11.3 Å². The Morgan fingerprint density at radius 2 is 1.84 bits per heavy atom. The van der Waals surface area contributed by atoms with Crippen molar-refractivity contribution in [1.29, 1.82) is 0 Å². The van der Waals surface area contributed by atoms with E-state index in [4.69, 9.17) is 16.6 Å². The van der Waals surface area contributed by atoms with Gasteiger partial charge in [-0.25, -0.2) is 9.97 Å². The van der Waals surface area contributed by atoms with Gasteiger partial charge in [-0.2, -0.15) is 0 Å². The van der Waals surface area contributed by atoms with E-state index in [0.717, 1.165) is 20.7 Å². The van der Waals surface area contributed by atoms with Gasteiger partial charge in [-0.1, -0.05) is 53.7 Å². The molecule has 0 fully saturated rings. The molecular weight excluding hydrogens is 496 g/mol. The van der Waals surface area contributed by atoms with E-state index in [0.29, 0.717) is 28.7 Å². The molecule has 0 atom stereocenters. The van der Waals surface area contributed by atoms with Crippen LogP contribution in [0.4, 0.5) is 0 Å². The van der Waals surface area contributed by atoms with Crippen LogP contribution in [0.3, 0.4) is 0 Å². The van der Waals surface area contributed by atoms with Crippen LogP contribution in [0.2, 0.25) is 5.02 Å². The quantitative estimate of drug-likeness (QED) is 0.280. The van der Waals surface area contributed by atoms with Gasteiger partial charge in [0, 0.05) is 27.5 Å². The van der Waals surface area contributed by atoms with Crippen molar-refractivity contribution in [3.63, 3.8) is 0 Å². The Bertz CT molecular complexity index is 1470. The number of hydrogen-bond donors (Lipinski definition) is 0. The number of benzene rings is 2. The average Bonchev–Trinajstić information content (AvgIpc) is 3.10. The fourth-order valence-electron chi connectivity index (χ4n) is 3.45. The third-order valence-electron chi connectivity index (χ3n) is 4.88. The number of rotatable bonds is 5. The maximum atomic E-state index is 12.5. The van der Waals surface area contributed by atoms with Gasteiger partial charge in [0.1, 0.15) is 5.65 Å². The Morgan fingerprint density at radius 1 is 1.00 bits per heavy atom. The molecule has 0 N–H and O–H groups in total. The normalized spacial score (nSPS) is 11.4. The average molecular weight is 512 g/mol. The van der Waals surface area contributed by atoms with Crippen LogP contribution in [0, 0.1) is 0 Å². The van der Waals surface area contributed by atoms with Gasteiger partial charge in [0.2, 0.25) is 0 Å². The minimum Gasteiger partial charge on any atom is -0.314 e. The van der Waals surface area contributed by atoms with E-state index in [-0.39, 0.29) is 5.56 Å². The summed E-state index contributed by atoms with van der Waals surface area (Å²) in [5.41, 5.74) is 4.29. The topological polar surface area (TPSA) is 52.2 Å². The molecule has 0 aliphatic carbocycles. The van der Waals surface area contributed by atoms with Crippen molar-refractivity contribution in [3.05, 3.63) is 104 Å². The molecule has 0 saturated carbocycles. The van der Waals surface area contributed by atoms with Crippen molar-refractivity contribution in [2.24, 2.45) is 0 Å². The molecule has 0 bridgehead atoms. The predicted octanol–water partition coefficient (Wildman–Crippen LogP) is 5.80. The second kappa shape index (κ2) is 8.49. The van der Waals surface area contributed by atoms with E-state index >= 15 is 0 Å². The first-order chi connectivity index (χ1) is 15.1. The van der Waals surface area contributed by atoms with E-state index in [1.165, 1.54) is 9.96 Å². The van der Waals surface area contributed by atoms with Gasteiger partial charge in [0.05, 0.1) is 23.3 Å². The van der Waals surface area contributed by atoms with Gasteiger partial charge in [-0.3, -0.25) is 9.20 Å². The molecular formula is C23H16BrClN4OS. The number of halogens is 2. The van der Waals surface area contributed by atoms with Gasteiger partial charge in [-0.15, -0.1) is 0 Å². The molecule has 5 aromatic rings. The summed E-state index contributed by atoms with van der Waals surface area (Å²) < 4.78 is 4.54. The summed E-state index contributed by atoms with van der Waals surface area (Å²) in [6.45, 7) is 0.698. The van der Waals surface area contributed by atoms with Crippen LogP contribution in [-0.4, -0.2) is 18.9 Å². The van der Waals surface area contributed by atoms with Crippen molar-refractivity contribution in [3.8, 4) is 0 Å². The number of pyridine rings is 1. The molecule has 2 aromatic carbocycles. The third-order valence-corrected chi connectivity index (χ3v) is 6.60.